The van der Waals surface area contributed by atoms with Crippen LogP contribution in [0.25, 0.3) is 0 Å². The van der Waals surface area contributed by atoms with Crippen LogP contribution >= 0.6 is 71.0 Å². The van der Waals surface area contributed by atoms with E-state index in [9.17, 15) is 4.79 Å². The van der Waals surface area contributed by atoms with Gasteiger partial charge >= 0.3 is 0 Å². The van der Waals surface area contributed by atoms with Crippen LogP contribution in [0.5, 0.6) is 5.75 Å². The molecule has 0 aliphatic heterocycles. The van der Waals surface area contributed by atoms with Crippen LogP contribution in [0.15, 0.2) is 48.9 Å². The molecule has 0 unspecified atom stereocenters. The fraction of sp³-hybridized carbons (Fsp3) is 0.0667. The number of nitrogens with zero attached hydrogens (tertiary/aromatic N) is 1. The van der Waals surface area contributed by atoms with Gasteiger partial charge in [-0.25, -0.2) is 5.43 Å². The molecule has 0 aliphatic carbocycles. The Balaban J connectivity index is 1.94. The monoisotopic (exact) mass is 556 g/mol. The smallest absolute Gasteiger partial charge is 0.277 e. The van der Waals surface area contributed by atoms with Crippen molar-refractivity contribution < 1.29 is 9.53 Å². The lowest BCUT2D eigenvalue weighted by Gasteiger charge is -2.10. The quantitative estimate of drug-likeness (QED) is 0.371. The standard InChI is InChI=1S/C15H9Br3Cl2N2O2/c16-8-4-10(17)15(11(18)5-8)24-7-14(23)22-21-6-9-12(19)2-1-3-13(9)20/h1-6H,7H2,(H,22,23). The lowest BCUT2D eigenvalue weighted by molar-refractivity contribution is -0.123. The number of benzene rings is 2. The molecule has 2 rings (SSSR count). The predicted octanol–water partition coefficient (Wildman–Crippen LogP) is 5.81. The zero-order chi connectivity index (χ0) is 17.7. The molecule has 0 saturated carbocycles. The van der Waals surface area contributed by atoms with Crippen molar-refractivity contribution in [2.45, 2.75) is 0 Å². The third-order valence-electron chi connectivity index (χ3n) is 2.69. The zero-order valence-corrected chi connectivity index (χ0v) is 18.1. The van der Waals surface area contributed by atoms with E-state index in [2.05, 4.69) is 58.3 Å². The minimum Gasteiger partial charge on any atom is -0.481 e. The molecule has 2 aromatic carbocycles. The second kappa shape index (κ2) is 9.20. The van der Waals surface area contributed by atoms with Gasteiger partial charge < -0.3 is 4.74 Å². The van der Waals surface area contributed by atoms with Crippen LogP contribution in [-0.2, 0) is 4.79 Å². The van der Waals surface area contributed by atoms with Crippen LogP contribution in [0.3, 0.4) is 0 Å². The van der Waals surface area contributed by atoms with E-state index >= 15 is 0 Å². The summed E-state index contributed by atoms with van der Waals surface area (Å²) in [6, 6.07) is 8.72. The molecular formula is C15H9Br3Cl2N2O2. The number of ether oxygens (including phenoxy) is 1. The Morgan fingerprint density at radius 2 is 1.75 bits per heavy atom. The Hall–Kier alpha value is -0.600. The van der Waals surface area contributed by atoms with Crippen molar-refractivity contribution in [1.82, 2.24) is 5.43 Å². The number of nitrogens with one attached hydrogen (secondary N) is 1. The summed E-state index contributed by atoms with van der Waals surface area (Å²) >= 11 is 22.1. The maximum Gasteiger partial charge on any atom is 0.277 e. The van der Waals surface area contributed by atoms with Gasteiger partial charge in [0.2, 0.25) is 0 Å². The highest BCUT2D eigenvalue weighted by Gasteiger charge is 2.10. The molecule has 0 atom stereocenters. The van der Waals surface area contributed by atoms with E-state index < -0.39 is 5.91 Å². The molecule has 0 bridgehead atoms. The van der Waals surface area contributed by atoms with Crippen molar-refractivity contribution in [2.75, 3.05) is 6.61 Å². The molecule has 9 heteroatoms. The summed E-state index contributed by atoms with van der Waals surface area (Å²) in [5.41, 5.74) is 2.88. The molecule has 4 nitrogen and oxygen atoms in total. The summed E-state index contributed by atoms with van der Waals surface area (Å²) < 4.78 is 7.78. The number of carbonyl (C=O) groups excluding carboxylic acids is 1. The van der Waals surface area contributed by atoms with E-state index in [1.54, 1.807) is 18.2 Å². The number of hydrazone groups is 1. The largest absolute Gasteiger partial charge is 0.481 e. The van der Waals surface area contributed by atoms with E-state index in [4.69, 9.17) is 27.9 Å². The lowest BCUT2D eigenvalue weighted by Crippen LogP contribution is -2.24. The molecule has 2 aromatic rings. The zero-order valence-electron chi connectivity index (χ0n) is 11.8. The van der Waals surface area contributed by atoms with Gasteiger partial charge in [0.15, 0.2) is 6.61 Å². The number of rotatable bonds is 5. The SMILES string of the molecule is O=C(COc1c(Br)cc(Br)cc1Br)NN=Cc1c(Cl)cccc1Cl. The van der Waals surface area contributed by atoms with Gasteiger partial charge in [-0.2, -0.15) is 5.10 Å². The molecule has 126 valence electrons. The third kappa shape index (κ3) is 5.46. The van der Waals surface area contributed by atoms with Gasteiger partial charge in [-0.05, 0) is 56.1 Å². The molecule has 24 heavy (non-hydrogen) atoms. The Morgan fingerprint density at radius 3 is 2.33 bits per heavy atom. The van der Waals surface area contributed by atoms with Gasteiger partial charge in [-0.1, -0.05) is 45.2 Å². The van der Waals surface area contributed by atoms with E-state index in [0.29, 0.717) is 30.3 Å². The number of carbonyl (C=O) groups is 1. The first-order valence-electron chi connectivity index (χ1n) is 6.41. The number of halogens is 5. The van der Waals surface area contributed by atoms with Gasteiger partial charge in [0.25, 0.3) is 5.91 Å². The highest BCUT2D eigenvalue weighted by Crippen LogP contribution is 2.36. The molecule has 0 spiro atoms. The average molecular weight is 560 g/mol. The molecule has 0 saturated heterocycles. The van der Waals surface area contributed by atoms with Crippen molar-refractivity contribution >= 4 is 83.1 Å². The van der Waals surface area contributed by atoms with E-state index in [1.165, 1.54) is 6.21 Å². The van der Waals surface area contributed by atoms with Gasteiger partial charge in [0.05, 0.1) is 25.2 Å². The van der Waals surface area contributed by atoms with Crippen LogP contribution in [0.1, 0.15) is 5.56 Å². The number of hydrogen-bond donors (Lipinski definition) is 1. The van der Waals surface area contributed by atoms with Crippen LogP contribution in [0.4, 0.5) is 0 Å². The van der Waals surface area contributed by atoms with Crippen molar-refractivity contribution in [3.8, 4) is 5.75 Å². The Labute approximate surface area is 173 Å². The van der Waals surface area contributed by atoms with Gasteiger partial charge in [-0.15, -0.1) is 0 Å². The fourth-order valence-electron chi connectivity index (χ4n) is 1.64. The molecule has 0 aliphatic rings. The maximum absolute atomic E-state index is 11.8. The van der Waals surface area contributed by atoms with E-state index in [1.807, 2.05) is 12.1 Å². The van der Waals surface area contributed by atoms with Gasteiger partial charge in [0.1, 0.15) is 5.75 Å². The summed E-state index contributed by atoms with van der Waals surface area (Å²) in [7, 11) is 0. The summed E-state index contributed by atoms with van der Waals surface area (Å²) in [6.07, 6.45) is 1.38. The second-order valence-electron chi connectivity index (χ2n) is 4.42. The van der Waals surface area contributed by atoms with Crippen molar-refractivity contribution in [1.29, 1.82) is 0 Å². The van der Waals surface area contributed by atoms with E-state index in [0.717, 1.165) is 4.47 Å². The summed E-state index contributed by atoms with van der Waals surface area (Å²) in [5, 5.41) is 4.72. The topological polar surface area (TPSA) is 50.7 Å². The van der Waals surface area contributed by atoms with Gasteiger partial charge in [-0.3, -0.25) is 4.79 Å². The van der Waals surface area contributed by atoms with Gasteiger partial charge in [0, 0.05) is 10.0 Å². The first-order chi connectivity index (χ1) is 11.4. The molecule has 0 fully saturated rings. The Bertz CT molecular complexity index is 757. The summed E-state index contributed by atoms with van der Waals surface area (Å²) in [4.78, 5) is 11.8. The van der Waals surface area contributed by atoms with Crippen LogP contribution in [-0.4, -0.2) is 18.7 Å². The third-order valence-corrected chi connectivity index (χ3v) is 4.99. The van der Waals surface area contributed by atoms with Crippen LogP contribution < -0.4 is 10.2 Å². The lowest BCUT2D eigenvalue weighted by atomic mass is 10.2. The van der Waals surface area contributed by atoms with Crippen LogP contribution in [0.2, 0.25) is 10.0 Å². The van der Waals surface area contributed by atoms with Crippen LogP contribution in [0, 0.1) is 0 Å². The van der Waals surface area contributed by atoms with Crippen molar-refractivity contribution in [3.05, 3.63) is 59.4 Å². The predicted molar refractivity (Wildman–Crippen MR) is 107 cm³/mol. The fourth-order valence-corrected chi connectivity index (χ4v) is 4.62. The summed E-state index contributed by atoms with van der Waals surface area (Å²) in [6.45, 7) is -0.202. The maximum atomic E-state index is 11.8. The second-order valence-corrected chi connectivity index (χ2v) is 7.85. The molecule has 1 N–H and O–H groups in total. The molecular weight excluding hydrogens is 551 g/mol. The minimum atomic E-state index is -0.420. The average Bonchev–Trinajstić information content (AvgIpc) is 2.49. The minimum absolute atomic E-state index is 0.202. The Morgan fingerprint density at radius 1 is 1.17 bits per heavy atom. The molecule has 1 amide bonds. The highest BCUT2D eigenvalue weighted by atomic mass is 79.9. The Kier molecular flexibility index (Phi) is 7.56. The molecule has 0 aromatic heterocycles. The first kappa shape index (κ1) is 19.7. The van der Waals surface area contributed by atoms with Crippen molar-refractivity contribution in [3.63, 3.8) is 0 Å². The first-order valence-corrected chi connectivity index (χ1v) is 9.55. The molecule has 0 heterocycles. The summed E-state index contributed by atoms with van der Waals surface area (Å²) in [5.74, 6) is 0.0997. The van der Waals surface area contributed by atoms with E-state index in [-0.39, 0.29) is 6.61 Å². The number of amides is 1. The van der Waals surface area contributed by atoms with Crippen molar-refractivity contribution in [2.24, 2.45) is 5.10 Å². The normalized spacial score (nSPS) is 10.9. The highest BCUT2D eigenvalue weighted by molar-refractivity contribution is 9.11. The molecule has 0 radical (unpaired) electrons. The number of hydrogen-bond acceptors (Lipinski definition) is 3.